The number of para-hydroxylation sites is 1. The van der Waals surface area contributed by atoms with Crippen LogP contribution in [0.25, 0.3) is 0 Å². The monoisotopic (exact) mass is 581 g/mol. The lowest BCUT2D eigenvalue weighted by Crippen LogP contribution is -2.30. The van der Waals surface area contributed by atoms with E-state index in [0.29, 0.717) is 0 Å². The highest BCUT2D eigenvalue weighted by Crippen LogP contribution is 2.30. The second kappa shape index (κ2) is 15.8. The van der Waals surface area contributed by atoms with E-state index in [2.05, 4.69) is 9.68 Å². The lowest BCUT2D eigenvalue weighted by Gasteiger charge is -2.17. The van der Waals surface area contributed by atoms with E-state index in [1.165, 1.54) is 24.3 Å². The predicted octanol–water partition coefficient (Wildman–Crippen LogP) is 1.00. The molecule has 0 heterocycles. The Bertz CT molecular complexity index is 1280. The van der Waals surface area contributed by atoms with Gasteiger partial charge in [0.2, 0.25) is 6.79 Å². The zero-order valence-corrected chi connectivity index (χ0v) is 21.2. The summed E-state index contributed by atoms with van der Waals surface area (Å²) in [6.45, 7) is -1.29. The molecule has 0 amide bonds. The highest BCUT2D eigenvalue weighted by molar-refractivity contribution is 5.94. The molecule has 0 fully saturated rings. The highest BCUT2D eigenvalue weighted by atomic mass is 17.0. The van der Waals surface area contributed by atoms with Crippen molar-refractivity contribution in [1.82, 2.24) is 0 Å². The number of nitrogens with two attached hydrogens (primary N) is 1. The van der Waals surface area contributed by atoms with Crippen LogP contribution in [0.2, 0.25) is 0 Å². The van der Waals surface area contributed by atoms with Crippen LogP contribution < -0.4 is 19.9 Å². The average molecular weight is 581 g/mol. The van der Waals surface area contributed by atoms with Crippen LogP contribution in [0.3, 0.4) is 0 Å². The fourth-order valence-electron chi connectivity index (χ4n) is 2.86. The Hall–Kier alpha value is -5.52. The Morgan fingerprint density at radius 2 is 1.59 bits per heavy atom. The van der Waals surface area contributed by atoms with Crippen LogP contribution in [-0.4, -0.2) is 66.7 Å². The van der Waals surface area contributed by atoms with Gasteiger partial charge in [0.1, 0.15) is 24.5 Å². The third kappa shape index (κ3) is 11.0. The SMILES string of the molecule is CC(=O)Oc1ccccc1C(=O)OCOC(=O)c1ccc(OCC(CO[N+](=O)[O-])O[N+](=O)[O-])c(OC(=O)CCN)c1. The van der Waals surface area contributed by atoms with Crippen molar-refractivity contribution < 1.29 is 62.7 Å². The molecule has 0 radical (unpaired) electrons. The molecule has 18 heteroatoms. The van der Waals surface area contributed by atoms with Gasteiger partial charge >= 0.3 is 23.9 Å². The third-order valence-electron chi connectivity index (χ3n) is 4.52. The number of nitrogens with zero attached hydrogens (tertiary/aromatic N) is 2. The van der Waals surface area contributed by atoms with Crippen molar-refractivity contribution in [3.8, 4) is 17.2 Å². The van der Waals surface area contributed by atoms with Crippen molar-refractivity contribution in [3.63, 3.8) is 0 Å². The molecule has 0 aliphatic rings. The van der Waals surface area contributed by atoms with Gasteiger partial charge in [-0.3, -0.25) is 9.59 Å². The molecule has 2 aromatic carbocycles. The van der Waals surface area contributed by atoms with Gasteiger partial charge in [-0.15, -0.1) is 20.2 Å². The molecule has 0 aliphatic carbocycles. The second-order valence-electron chi connectivity index (χ2n) is 7.53. The van der Waals surface area contributed by atoms with E-state index in [9.17, 15) is 39.4 Å². The first-order valence-electron chi connectivity index (χ1n) is 11.4. The Balaban J connectivity index is 2.11. The largest absolute Gasteiger partial charge is 0.487 e. The molecule has 2 aromatic rings. The van der Waals surface area contributed by atoms with E-state index in [0.717, 1.165) is 25.1 Å². The summed E-state index contributed by atoms with van der Waals surface area (Å²) in [6.07, 6.45) is -1.77. The van der Waals surface area contributed by atoms with Gasteiger partial charge in [0.25, 0.3) is 10.2 Å². The van der Waals surface area contributed by atoms with Crippen LogP contribution in [0.1, 0.15) is 34.1 Å². The minimum Gasteiger partial charge on any atom is -0.487 e. The average Bonchev–Trinajstić information content (AvgIpc) is 2.90. The lowest BCUT2D eigenvalue weighted by molar-refractivity contribution is -0.790. The molecular weight excluding hydrogens is 558 g/mol. The molecule has 2 N–H and O–H groups in total. The molecule has 0 saturated carbocycles. The van der Waals surface area contributed by atoms with Crippen molar-refractivity contribution >= 4 is 23.9 Å². The van der Waals surface area contributed by atoms with E-state index >= 15 is 0 Å². The van der Waals surface area contributed by atoms with Crippen molar-refractivity contribution in [2.75, 3.05) is 26.6 Å². The van der Waals surface area contributed by atoms with E-state index in [-0.39, 0.29) is 41.3 Å². The van der Waals surface area contributed by atoms with Crippen LogP contribution in [0.15, 0.2) is 42.5 Å². The maximum Gasteiger partial charge on any atom is 0.344 e. The molecule has 0 saturated heterocycles. The minimum atomic E-state index is -1.55. The molecule has 1 unspecified atom stereocenters. The van der Waals surface area contributed by atoms with Gasteiger partial charge in [-0.2, -0.15) is 0 Å². The molecule has 18 nitrogen and oxygen atoms in total. The van der Waals surface area contributed by atoms with Gasteiger partial charge in [-0.1, -0.05) is 12.1 Å². The highest BCUT2D eigenvalue weighted by Gasteiger charge is 2.21. The molecule has 2 rings (SSSR count). The standard InChI is InChI=1S/C23H23N3O15/c1-14(27)39-18-5-3-2-4-17(18)23(30)37-13-36-22(29)15-6-7-19(20(10-15)40-21(28)8-9-24)35-11-16(41-26(33)34)12-38-25(31)32/h2-7,10,16H,8-9,11-13,24H2,1H3. The number of hydrogen-bond acceptors (Lipinski definition) is 16. The first-order valence-corrected chi connectivity index (χ1v) is 11.4. The zero-order valence-electron chi connectivity index (χ0n) is 21.2. The van der Waals surface area contributed by atoms with Gasteiger partial charge in [0, 0.05) is 13.5 Å². The third-order valence-corrected chi connectivity index (χ3v) is 4.52. The van der Waals surface area contributed by atoms with E-state index < -0.39 is 60.2 Å². The van der Waals surface area contributed by atoms with Gasteiger partial charge in [-0.25, -0.2) is 9.59 Å². The molecule has 0 spiro atoms. The van der Waals surface area contributed by atoms with Crippen molar-refractivity contribution in [2.24, 2.45) is 5.73 Å². The predicted molar refractivity (Wildman–Crippen MR) is 130 cm³/mol. The molecule has 0 aromatic heterocycles. The molecular formula is C23H23N3O15. The molecule has 220 valence electrons. The normalized spacial score (nSPS) is 10.9. The Kier molecular flexibility index (Phi) is 12.2. The van der Waals surface area contributed by atoms with Crippen molar-refractivity contribution in [3.05, 3.63) is 73.8 Å². The quantitative estimate of drug-likeness (QED) is 0.0954. The maximum absolute atomic E-state index is 12.5. The number of esters is 4. The Morgan fingerprint density at radius 3 is 2.24 bits per heavy atom. The Labute approximate surface area is 229 Å². The van der Waals surface area contributed by atoms with E-state index in [1.54, 1.807) is 0 Å². The molecule has 0 aliphatic heterocycles. The molecule has 0 bridgehead atoms. The maximum atomic E-state index is 12.5. The van der Waals surface area contributed by atoms with Gasteiger partial charge < -0.3 is 39.1 Å². The van der Waals surface area contributed by atoms with Crippen LogP contribution in [0.5, 0.6) is 17.2 Å². The zero-order chi connectivity index (χ0) is 30.4. The van der Waals surface area contributed by atoms with Crippen molar-refractivity contribution in [2.45, 2.75) is 19.4 Å². The topological polar surface area (TPSA) is 245 Å². The second-order valence-corrected chi connectivity index (χ2v) is 7.53. The smallest absolute Gasteiger partial charge is 0.344 e. The van der Waals surface area contributed by atoms with E-state index in [1.807, 2.05) is 0 Å². The summed E-state index contributed by atoms with van der Waals surface area (Å²) < 4.78 is 25.2. The van der Waals surface area contributed by atoms with Gasteiger partial charge in [-0.05, 0) is 30.3 Å². The molecule has 41 heavy (non-hydrogen) atoms. The summed E-state index contributed by atoms with van der Waals surface area (Å²) in [5.41, 5.74) is 5.04. The van der Waals surface area contributed by atoms with Crippen LogP contribution in [-0.2, 0) is 28.7 Å². The van der Waals surface area contributed by atoms with Crippen molar-refractivity contribution in [1.29, 1.82) is 0 Å². The first kappa shape index (κ1) is 31.7. The minimum absolute atomic E-state index is 0.0633. The number of carbonyl (C=O) groups is 4. The first-order chi connectivity index (χ1) is 19.5. The summed E-state index contributed by atoms with van der Waals surface area (Å²) in [6, 6.07) is 9.04. The lowest BCUT2D eigenvalue weighted by atomic mass is 10.2. The Morgan fingerprint density at radius 1 is 0.878 bits per heavy atom. The summed E-state index contributed by atoms with van der Waals surface area (Å²) in [5.74, 6) is -4.08. The van der Waals surface area contributed by atoms with Crippen LogP contribution in [0, 0.1) is 20.2 Å². The fraction of sp³-hybridized carbons (Fsp3) is 0.304. The molecule has 1 atom stereocenters. The number of hydrogen-bond donors (Lipinski definition) is 1. The summed E-state index contributed by atoms with van der Waals surface area (Å²) in [5, 5.41) is 18.7. The van der Waals surface area contributed by atoms with Crippen LogP contribution >= 0.6 is 0 Å². The summed E-state index contributed by atoms with van der Waals surface area (Å²) >= 11 is 0. The number of carbonyl (C=O) groups excluding carboxylic acids is 4. The number of ether oxygens (including phenoxy) is 5. The number of benzene rings is 2. The van der Waals surface area contributed by atoms with Gasteiger partial charge in [0.15, 0.2) is 17.6 Å². The summed E-state index contributed by atoms with van der Waals surface area (Å²) in [4.78, 5) is 77.5. The number of rotatable bonds is 16. The fourth-order valence-corrected chi connectivity index (χ4v) is 2.86. The van der Waals surface area contributed by atoms with E-state index in [4.69, 9.17) is 29.4 Å². The van der Waals surface area contributed by atoms with Gasteiger partial charge in [0.05, 0.1) is 12.0 Å². The summed E-state index contributed by atoms with van der Waals surface area (Å²) in [7, 11) is 0. The van der Waals surface area contributed by atoms with Crippen LogP contribution in [0.4, 0.5) is 0 Å².